The standard InChI is InChI=1S/C21H25N3O4/c1-12-9-17(23-14(3)19(12)21(27)28)15-7-6-8-16(11-15)20(26)24(5)13(2)10-18(25)22-4/h6-9,11,13H,10H2,1-5H3,(H,22,25)(H,27,28)/t13-/m1/s1. The Kier molecular flexibility index (Phi) is 6.51. The summed E-state index contributed by atoms with van der Waals surface area (Å²) in [7, 11) is 3.23. The van der Waals surface area contributed by atoms with Gasteiger partial charge in [0.2, 0.25) is 5.91 Å². The lowest BCUT2D eigenvalue weighted by molar-refractivity contribution is -0.121. The van der Waals surface area contributed by atoms with E-state index in [1.54, 1.807) is 52.2 Å². The quantitative estimate of drug-likeness (QED) is 0.799. The second-order valence-electron chi connectivity index (χ2n) is 6.81. The minimum absolute atomic E-state index is 0.130. The number of carbonyl (C=O) groups is 3. The molecule has 0 aliphatic carbocycles. The number of carboxylic acids is 1. The maximum Gasteiger partial charge on any atom is 0.337 e. The number of carbonyl (C=O) groups excluding carboxylic acids is 2. The molecule has 0 aliphatic heterocycles. The van der Waals surface area contributed by atoms with Crippen LogP contribution in [0.4, 0.5) is 0 Å². The lowest BCUT2D eigenvalue weighted by Gasteiger charge is -2.24. The van der Waals surface area contributed by atoms with Crippen LogP contribution in [-0.2, 0) is 4.79 Å². The van der Waals surface area contributed by atoms with E-state index in [-0.39, 0.29) is 29.8 Å². The summed E-state index contributed by atoms with van der Waals surface area (Å²) in [5.74, 6) is -1.34. The van der Waals surface area contributed by atoms with E-state index < -0.39 is 5.97 Å². The van der Waals surface area contributed by atoms with E-state index in [1.807, 2.05) is 13.0 Å². The van der Waals surface area contributed by atoms with E-state index in [2.05, 4.69) is 10.3 Å². The summed E-state index contributed by atoms with van der Waals surface area (Å²) in [4.78, 5) is 41.7. The highest BCUT2D eigenvalue weighted by molar-refractivity contribution is 5.96. The van der Waals surface area contributed by atoms with Crippen molar-refractivity contribution >= 4 is 17.8 Å². The summed E-state index contributed by atoms with van der Waals surface area (Å²) in [5.41, 5.74) is 3.04. The van der Waals surface area contributed by atoms with Gasteiger partial charge in [-0.2, -0.15) is 0 Å². The summed E-state index contributed by atoms with van der Waals surface area (Å²) in [6.45, 7) is 5.20. The summed E-state index contributed by atoms with van der Waals surface area (Å²) < 4.78 is 0. The first-order valence-corrected chi connectivity index (χ1v) is 8.95. The predicted molar refractivity (Wildman–Crippen MR) is 106 cm³/mol. The van der Waals surface area contributed by atoms with E-state index in [0.29, 0.717) is 22.5 Å². The zero-order valence-corrected chi connectivity index (χ0v) is 16.7. The molecule has 2 aromatic rings. The number of pyridine rings is 1. The molecule has 0 spiro atoms. The van der Waals surface area contributed by atoms with Crippen LogP contribution in [0.1, 0.15) is 45.3 Å². The van der Waals surface area contributed by atoms with Crippen LogP contribution in [0.5, 0.6) is 0 Å². The molecule has 2 amide bonds. The highest BCUT2D eigenvalue weighted by atomic mass is 16.4. The Labute approximate surface area is 164 Å². The van der Waals surface area contributed by atoms with Crippen LogP contribution in [0.3, 0.4) is 0 Å². The number of aryl methyl sites for hydroxylation is 2. The van der Waals surface area contributed by atoms with Gasteiger partial charge in [0.25, 0.3) is 5.91 Å². The molecule has 0 fully saturated rings. The molecule has 0 unspecified atom stereocenters. The SMILES string of the molecule is CNC(=O)C[C@@H](C)N(C)C(=O)c1cccc(-c2cc(C)c(C(=O)O)c(C)n2)c1. The number of hydrogen-bond acceptors (Lipinski definition) is 4. The lowest BCUT2D eigenvalue weighted by Crippen LogP contribution is -2.38. The van der Waals surface area contributed by atoms with Crippen molar-refractivity contribution in [3.05, 3.63) is 52.7 Å². The maximum atomic E-state index is 12.8. The average molecular weight is 383 g/mol. The Morgan fingerprint density at radius 2 is 1.89 bits per heavy atom. The smallest absolute Gasteiger partial charge is 0.337 e. The number of amides is 2. The molecule has 1 atom stereocenters. The highest BCUT2D eigenvalue weighted by Crippen LogP contribution is 2.24. The van der Waals surface area contributed by atoms with Crippen molar-refractivity contribution in [1.82, 2.24) is 15.2 Å². The van der Waals surface area contributed by atoms with E-state index in [1.165, 1.54) is 4.90 Å². The van der Waals surface area contributed by atoms with Crippen LogP contribution < -0.4 is 5.32 Å². The Morgan fingerprint density at radius 1 is 1.21 bits per heavy atom. The van der Waals surface area contributed by atoms with Crippen LogP contribution in [0.2, 0.25) is 0 Å². The highest BCUT2D eigenvalue weighted by Gasteiger charge is 2.20. The van der Waals surface area contributed by atoms with Gasteiger partial charge in [-0.15, -0.1) is 0 Å². The van der Waals surface area contributed by atoms with Crippen molar-refractivity contribution in [2.75, 3.05) is 14.1 Å². The van der Waals surface area contributed by atoms with Crippen LogP contribution >= 0.6 is 0 Å². The third-order valence-corrected chi connectivity index (χ3v) is 4.76. The fourth-order valence-corrected chi connectivity index (χ4v) is 3.03. The number of nitrogens with one attached hydrogen (secondary N) is 1. The largest absolute Gasteiger partial charge is 0.478 e. The van der Waals surface area contributed by atoms with Crippen molar-refractivity contribution in [1.29, 1.82) is 0 Å². The molecule has 0 saturated carbocycles. The molecule has 7 heteroatoms. The number of carboxylic acid groups (broad SMARTS) is 1. The fourth-order valence-electron chi connectivity index (χ4n) is 3.03. The van der Waals surface area contributed by atoms with Crippen molar-refractivity contribution in [2.24, 2.45) is 0 Å². The molecule has 2 N–H and O–H groups in total. The van der Waals surface area contributed by atoms with Gasteiger partial charge in [-0.3, -0.25) is 14.6 Å². The van der Waals surface area contributed by atoms with Gasteiger partial charge in [0.05, 0.1) is 17.0 Å². The molecule has 28 heavy (non-hydrogen) atoms. The third kappa shape index (κ3) is 4.54. The van der Waals surface area contributed by atoms with Gasteiger partial charge in [0, 0.05) is 37.7 Å². The van der Waals surface area contributed by atoms with E-state index in [9.17, 15) is 19.5 Å². The zero-order chi connectivity index (χ0) is 21.0. The zero-order valence-electron chi connectivity index (χ0n) is 16.7. The fraction of sp³-hybridized carbons (Fsp3) is 0.333. The Balaban J connectivity index is 2.33. The second-order valence-corrected chi connectivity index (χ2v) is 6.81. The summed E-state index contributed by atoms with van der Waals surface area (Å²) in [6, 6.07) is 8.48. The molecule has 0 radical (unpaired) electrons. The van der Waals surface area contributed by atoms with E-state index in [0.717, 1.165) is 5.56 Å². The van der Waals surface area contributed by atoms with Crippen LogP contribution in [0.25, 0.3) is 11.3 Å². The van der Waals surface area contributed by atoms with Gasteiger partial charge in [-0.05, 0) is 44.5 Å². The number of rotatable bonds is 6. The van der Waals surface area contributed by atoms with Crippen molar-refractivity contribution in [3.63, 3.8) is 0 Å². The molecule has 0 bridgehead atoms. The number of hydrogen-bond donors (Lipinski definition) is 2. The molecular formula is C21H25N3O4. The minimum Gasteiger partial charge on any atom is -0.478 e. The van der Waals surface area contributed by atoms with Crippen LogP contribution in [-0.4, -0.2) is 52.9 Å². The van der Waals surface area contributed by atoms with Gasteiger partial charge in [-0.1, -0.05) is 12.1 Å². The van der Waals surface area contributed by atoms with Crippen molar-refractivity contribution in [2.45, 2.75) is 33.2 Å². The summed E-state index contributed by atoms with van der Waals surface area (Å²) in [6.07, 6.45) is 0.217. The molecule has 2 rings (SSSR count). The van der Waals surface area contributed by atoms with Gasteiger partial charge in [0.15, 0.2) is 0 Å². The third-order valence-electron chi connectivity index (χ3n) is 4.76. The Morgan fingerprint density at radius 3 is 2.46 bits per heavy atom. The van der Waals surface area contributed by atoms with Crippen LogP contribution in [0, 0.1) is 13.8 Å². The van der Waals surface area contributed by atoms with Gasteiger partial charge in [0.1, 0.15) is 0 Å². The molecule has 1 aromatic carbocycles. The molecule has 148 valence electrons. The molecule has 0 saturated heterocycles. The first-order valence-electron chi connectivity index (χ1n) is 8.95. The van der Waals surface area contributed by atoms with Crippen molar-refractivity contribution < 1.29 is 19.5 Å². The number of benzene rings is 1. The van der Waals surface area contributed by atoms with Crippen LogP contribution in [0.15, 0.2) is 30.3 Å². The van der Waals surface area contributed by atoms with Gasteiger partial charge >= 0.3 is 5.97 Å². The van der Waals surface area contributed by atoms with Crippen molar-refractivity contribution in [3.8, 4) is 11.3 Å². The molecule has 1 heterocycles. The number of aromatic carboxylic acids is 1. The number of aromatic nitrogens is 1. The van der Waals surface area contributed by atoms with Gasteiger partial charge < -0.3 is 15.3 Å². The number of nitrogens with zero attached hydrogens (tertiary/aromatic N) is 2. The minimum atomic E-state index is -1.01. The van der Waals surface area contributed by atoms with Gasteiger partial charge in [-0.25, -0.2) is 4.79 Å². The van der Waals surface area contributed by atoms with E-state index >= 15 is 0 Å². The van der Waals surface area contributed by atoms with E-state index in [4.69, 9.17) is 0 Å². The summed E-state index contributed by atoms with van der Waals surface area (Å²) >= 11 is 0. The maximum absolute atomic E-state index is 12.8. The summed E-state index contributed by atoms with van der Waals surface area (Å²) in [5, 5.41) is 11.9. The predicted octanol–water partition coefficient (Wildman–Crippen LogP) is 2.66. The molecule has 7 nitrogen and oxygen atoms in total. The monoisotopic (exact) mass is 383 g/mol. The molecular weight excluding hydrogens is 358 g/mol. The topological polar surface area (TPSA) is 99.6 Å². The normalized spacial score (nSPS) is 11.6. The first kappa shape index (κ1) is 21.1. The first-order chi connectivity index (χ1) is 13.1. The molecule has 1 aromatic heterocycles. The average Bonchev–Trinajstić information content (AvgIpc) is 2.65. The lowest BCUT2D eigenvalue weighted by atomic mass is 10.0. The molecule has 0 aliphatic rings. The Bertz CT molecular complexity index is 901. The second kappa shape index (κ2) is 8.65. The Hall–Kier alpha value is -3.22.